The zero-order chi connectivity index (χ0) is 21.9. The summed E-state index contributed by atoms with van der Waals surface area (Å²) in [6.07, 6.45) is -0.447. The SMILES string of the molecule is CN1C(=O)C(c2ccc(OC(F)F)cc2)(c2cccc(CCC=C(F)F)c2)N=C1N. The first-order chi connectivity index (χ1) is 14.2. The molecule has 1 amide bonds. The maximum atomic E-state index is 13.2. The van der Waals surface area contributed by atoms with Crippen LogP contribution in [-0.4, -0.2) is 30.4 Å². The summed E-state index contributed by atoms with van der Waals surface area (Å²) in [5, 5.41) is 0. The summed E-state index contributed by atoms with van der Waals surface area (Å²) < 4.78 is 53.9. The van der Waals surface area contributed by atoms with Gasteiger partial charge in [-0.2, -0.15) is 17.6 Å². The van der Waals surface area contributed by atoms with Gasteiger partial charge in [0, 0.05) is 7.05 Å². The van der Waals surface area contributed by atoms with Crippen molar-refractivity contribution in [1.29, 1.82) is 0 Å². The number of guanidine groups is 1. The van der Waals surface area contributed by atoms with Crippen LogP contribution in [0.1, 0.15) is 23.1 Å². The molecule has 2 N–H and O–H groups in total. The van der Waals surface area contributed by atoms with E-state index >= 15 is 0 Å². The van der Waals surface area contributed by atoms with Crippen LogP contribution in [0, 0.1) is 0 Å². The Kier molecular flexibility index (Phi) is 6.09. The van der Waals surface area contributed by atoms with Crippen LogP contribution in [0.5, 0.6) is 5.75 Å². The third-order valence-corrected chi connectivity index (χ3v) is 4.81. The van der Waals surface area contributed by atoms with Crippen molar-refractivity contribution in [3.63, 3.8) is 0 Å². The maximum Gasteiger partial charge on any atom is 0.387 e. The molecule has 0 aliphatic carbocycles. The van der Waals surface area contributed by atoms with Gasteiger partial charge in [-0.15, -0.1) is 0 Å². The van der Waals surface area contributed by atoms with Crippen molar-refractivity contribution in [2.45, 2.75) is 25.0 Å². The highest BCUT2D eigenvalue weighted by Crippen LogP contribution is 2.40. The van der Waals surface area contributed by atoms with Gasteiger partial charge in [0.05, 0.1) is 0 Å². The molecule has 0 aromatic heterocycles. The second-order valence-electron chi connectivity index (χ2n) is 6.68. The number of nitrogens with zero attached hydrogens (tertiary/aromatic N) is 2. The average molecular weight is 421 g/mol. The fourth-order valence-corrected chi connectivity index (χ4v) is 3.36. The third kappa shape index (κ3) is 4.14. The summed E-state index contributed by atoms with van der Waals surface area (Å²) in [6.45, 7) is -2.97. The number of carbonyl (C=O) groups is 1. The average Bonchev–Trinajstić information content (AvgIpc) is 2.93. The van der Waals surface area contributed by atoms with Crippen LogP contribution in [0.3, 0.4) is 0 Å². The van der Waals surface area contributed by atoms with Crippen LogP contribution in [0.25, 0.3) is 0 Å². The van der Waals surface area contributed by atoms with Crippen LogP contribution >= 0.6 is 0 Å². The molecule has 0 spiro atoms. The zero-order valence-corrected chi connectivity index (χ0v) is 16.0. The van der Waals surface area contributed by atoms with Crippen LogP contribution in [0.15, 0.2) is 65.7 Å². The molecule has 0 fully saturated rings. The molecule has 2 aromatic rings. The van der Waals surface area contributed by atoms with Crippen LogP contribution in [-0.2, 0) is 16.8 Å². The van der Waals surface area contributed by atoms with E-state index in [-0.39, 0.29) is 18.1 Å². The van der Waals surface area contributed by atoms with Gasteiger partial charge in [0.15, 0.2) is 11.5 Å². The largest absolute Gasteiger partial charge is 0.435 e. The number of ether oxygens (including phenoxy) is 1. The van der Waals surface area contributed by atoms with Gasteiger partial charge >= 0.3 is 6.61 Å². The molecular weight excluding hydrogens is 402 g/mol. The predicted molar refractivity (Wildman–Crippen MR) is 103 cm³/mol. The van der Waals surface area contributed by atoms with Gasteiger partial charge < -0.3 is 10.5 Å². The Labute approximate surface area is 170 Å². The number of aliphatic imine (C=N–C) groups is 1. The van der Waals surface area contributed by atoms with E-state index in [4.69, 9.17) is 5.73 Å². The van der Waals surface area contributed by atoms with Crippen molar-refractivity contribution in [3.05, 3.63) is 77.4 Å². The van der Waals surface area contributed by atoms with Crippen LogP contribution in [0.4, 0.5) is 17.6 Å². The number of alkyl halides is 2. The van der Waals surface area contributed by atoms with E-state index in [2.05, 4.69) is 9.73 Å². The van der Waals surface area contributed by atoms with E-state index in [0.29, 0.717) is 17.5 Å². The number of hydrogen-bond acceptors (Lipinski definition) is 4. The number of rotatable bonds is 7. The molecule has 1 aliphatic rings. The summed E-state index contributed by atoms with van der Waals surface area (Å²) in [4.78, 5) is 18.8. The Balaban J connectivity index is 2.05. The van der Waals surface area contributed by atoms with Gasteiger partial charge in [0.25, 0.3) is 12.0 Å². The van der Waals surface area contributed by atoms with Crippen molar-refractivity contribution in [1.82, 2.24) is 4.90 Å². The minimum Gasteiger partial charge on any atom is -0.435 e. The highest BCUT2D eigenvalue weighted by molar-refractivity contribution is 6.08. The molecule has 3 rings (SSSR count). The summed E-state index contributed by atoms with van der Waals surface area (Å²) in [5.74, 6) is -0.483. The maximum absolute atomic E-state index is 13.2. The number of halogens is 4. The lowest BCUT2D eigenvalue weighted by atomic mass is 9.82. The van der Waals surface area contributed by atoms with Gasteiger partial charge in [-0.3, -0.25) is 9.69 Å². The van der Waals surface area contributed by atoms with Crippen LogP contribution < -0.4 is 10.5 Å². The van der Waals surface area contributed by atoms with Crippen molar-refractivity contribution in [2.24, 2.45) is 10.7 Å². The lowest BCUT2D eigenvalue weighted by molar-refractivity contribution is -0.129. The Morgan fingerprint density at radius 3 is 2.47 bits per heavy atom. The molecule has 2 aromatic carbocycles. The van der Waals surface area contributed by atoms with Gasteiger partial charge in [0.2, 0.25) is 0 Å². The molecule has 0 saturated carbocycles. The quantitative estimate of drug-likeness (QED) is 0.687. The number of likely N-dealkylation sites (N-methyl/N-ethyl adjacent to an activating group) is 1. The first-order valence-corrected chi connectivity index (χ1v) is 9.03. The fourth-order valence-electron chi connectivity index (χ4n) is 3.36. The second-order valence-corrected chi connectivity index (χ2v) is 6.68. The molecule has 30 heavy (non-hydrogen) atoms. The molecule has 5 nitrogen and oxygen atoms in total. The zero-order valence-electron chi connectivity index (χ0n) is 16.0. The van der Waals surface area contributed by atoms with E-state index < -0.39 is 24.1 Å². The van der Waals surface area contributed by atoms with Gasteiger partial charge in [-0.05, 0) is 47.7 Å². The lowest BCUT2D eigenvalue weighted by Gasteiger charge is -2.26. The number of nitrogens with two attached hydrogens (primary N) is 1. The number of allylic oxidation sites excluding steroid dienone is 1. The van der Waals surface area contributed by atoms with Crippen molar-refractivity contribution >= 4 is 11.9 Å². The number of amides is 1. The minimum absolute atomic E-state index is 0.000689. The lowest BCUT2D eigenvalue weighted by Crippen LogP contribution is -2.41. The van der Waals surface area contributed by atoms with Crippen molar-refractivity contribution in [2.75, 3.05) is 7.05 Å². The minimum atomic E-state index is -2.97. The van der Waals surface area contributed by atoms with E-state index in [1.54, 1.807) is 24.3 Å². The Morgan fingerprint density at radius 1 is 1.20 bits per heavy atom. The van der Waals surface area contributed by atoms with Gasteiger partial charge in [-0.1, -0.05) is 36.4 Å². The highest BCUT2D eigenvalue weighted by Gasteiger charge is 2.49. The van der Waals surface area contributed by atoms with E-state index in [1.807, 2.05) is 0 Å². The van der Waals surface area contributed by atoms with Crippen molar-refractivity contribution in [3.8, 4) is 5.75 Å². The molecule has 0 radical (unpaired) electrons. The molecule has 1 aliphatic heterocycles. The summed E-state index contributed by atoms with van der Waals surface area (Å²) in [5.41, 5.74) is 6.03. The number of benzene rings is 2. The van der Waals surface area contributed by atoms with Gasteiger partial charge in [-0.25, -0.2) is 4.99 Å². The third-order valence-electron chi connectivity index (χ3n) is 4.81. The Hall–Kier alpha value is -3.36. The first kappa shape index (κ1) is 21.4. The molecule has 1 heterocycles. The molecule has 1 atom stereocenters. The van der Waals surface area contributed by atoms with Crippen molar-refractivity contribution < 1.29 is 27.1 Å². The Bertz CT molecular complexity index is 988. The molecule has 0 bridgehead atoms. The molecule has 9 heteroatoms. The molecule has 1 unspecified atom stereocenters. The molecule has 0 saturated heterocycles. The fraction of sp³-hybridized carbons (Fsp3) is 0.238. The molecular formula is C21H19F4N3O2. The Morgan fingerprint density at radius 2 is 1.90 bits per heavy atom. The number of hydrogen-bond donors (Lipinski definition) is 1. The monoisotopic (exact) mass is 421 g/mol. The van der Waals surface area contributed by atoms with E-state index in [9.17, 15) is 22.4 Å². The topological polar surface area (TPSA) is 67.9 Å². The van der Waals surface area contributed by atoms with E-state index in [0.717, 1.165) is 11.6 Å². The van der Waals surface area contributed by atoms with Crippen LogP contribution in [0.2, 0.25) is 0 Å². The smallest absolute Gasteiger partial charge is 0.387 e. The number of aryl methyl sites for hydroxylation is 1. The summed E-state index contributed by atoms with van der Waals surface area (Å²) in [6, 6.07) is 12.4. The highest BCUT2D eigenvalue weighted by atomic mass is 19.3. The first-order valence-electron chi connectivity index (χ1n) is 9.03. The number of carbonyl (C=O) groups excluding carboxylic acids is 1. The summed E-state index contributed by atoms with van der Waals surface area (Å²) in [7, 11) is 1.48. The summed E-state index contributed by atoms with van der Waals surface area (Å²) >= 11 is 0. The standard InChI is InChI=1S/C21H19F4N3O2/c1-28-18(29)21(27-20(28)26,14-8-10-16(11-9-14)30-19(24)25)15-6-2-4-13(12-15)5-3-7-17(22)23/h2,4,6-12,19H,3,5H2,1H3,(H2,26,27). The van der Waals surface area contributed by atoms with E-state index in [1.165, 1.54) is 36.2 Å². The second kappa shape index (κ2) is 8.56. The predicted octanol–water partition coefficient (Wildman–Crippen LogP) is 4.03. The normalized spacial score (nSPS) is 18.5. The molecule has 158 valence electrons. The van der Waals surface area contributed by atoms with Gasteiger partial charge in [0.1, 0.15) is 5.75 Å².